The number of hydroxylamine groups is 1. The second-order valence-corrected chi connectivity index (χ2v) is 3.73. The summed E-state index contributed by atoms with van der Waals surface area (Å²) in [6, 6.07) is 5.38. The van der Waals surface area contributed by atoms with Crippen LogP contribution in [-0.4, -0.2) is 24.2 Å². The Labute approximate surface area is 96.3 Å². The van der Waals surface area contributed by atoms with Gasteiger partial charge in [0, 0.05) is 4.47 Å². The number of benzene rings is 1. The predicted octanol–water partition coefficient (Wildman–Crippen LogP) is 1.41. The number of nitrogens with one attached hydrogen (secondary N) is 1. The SMILES string of the molecule is Cc1cccc(C(=O)NOCCO)c1Br. The molecular formula is C10H12BrNO3. The van der Waals surface area contributed by atoms with E-state index in [1.165, 1.54) is 0 Å². The zero-order valence-corrected chi connectivity index (χ0v) is 9.87. The maximum atomic E-state index is 11.5. The van der Waals surface area contributed by atoms with Crippen LogP contribution in [0.4, 0.5) is 0 Å². The Morgan fingerprint density at radius 3 is 3.00 bits per heavy atom. The molecule has 0 fully saturated rings. The quantitative estimate of drug-likeness (QED) is 0.644. The molecule has 1 rings (SSSR count). The first-order chi connectivity index (χ1) is 7.16. The van der Waals surface area contributed by atoms with Gasteiger partial charge >= 0.3 is 0 Å². The topological polar surface area (TPSA) is 58.6 Å². The summed E-state index contributed by atoms with van der Waals surface area (Å²) in [6.07, 6.45) is 0. The highest BCUT2D eigenvalue weighted by Crippen LogP contribution is 2.20. The fourth-order valence-corrected chi connectivity index (χ4v) is 1.48. The van der Waals surface area contributed by atoms with E-state index in [4.69, 9.17) is 9.94 Å². The second kappa shape index (κ2) is 5.85. The first kappa shape index (κ1) is 12.2. The van der Waals surface area contributed by atoms with Gasteiger partial charge in [0.1, 0.15) is 0 Å². The van der Waals surface area contributed by atoms with Gasteiger partial charge in [0.05, 0.1) is 18.8 Å². The Morgan fingerprint density at radius 2 is 2.33 bits per heavy atom. The Morgan fingerprint density at radius 1 is 1.60 bits per heavy atom. The minimum Gasteiger partial charge on any atom is -0.394 e. The summed E-state index contributed by atoms with van der Waals surface area (Å²) < 4.78 is 0.745. The van der Waals surface area contributed by atoms with Crippen molar-refractivity contribution in [3.8, 4) is 0 Å². The summed E-state index contributed by atoms with van der Waals surface area (Å²) >= 11 is 3.32. The molecule has 0 atom stereocenters. The predicted molar refractivity (Wildman–Crippen MR) is 59.4 cm³/mol. The summed E-state index contributed by atoms with van der Waals surface area (Å²) in [5.74, 6) is -0.334. The van der Waals surface area contributed by atoms with Crippen molar-refractivity contribution in [1.82, 2.24) is 5.48 Å². The molecule has 4 nitrogen and oxygen atoms in total. The van der Waals surface area contributed by atoms with E-state index in [0.717, 1.165) is 10.0 Å². The Bertz CT molecular complexity index is 355. The lowest BCUT2D eigenvalue weighted by atomic mass is 10.1. The summed E-state index contributed by atoms with van der Waals surface area (Å²) in [6.45, 7) is 1.85. The standard InChI is InChI=1S/C10H12BrNO3/c1-7-3-2-4-8(9(7)11)10(14)12-15-6-5-13/h2-4,13H,5-6H2,1H3,(H,12,14). The van der Waals surface area contributed by atoms with Crippen LogP contribution in [0, 0.1) is 6.92 Å². The highest BCUT2D eigenvalue weighted by atomic mass is 79.9. The molecule has 0 spiro atoms. The van der Waals surface area contributed by atoms with E-state index in [9.17, 15) is 4.79 Å². The summed E-state index contributed by atoms with van der Waals surface area (Å²) in [5, 5.41) is 8.46. The molecule has 15 heavy (non-hydrogen) atoms. The molecule has 5 heteroatoms. The average Bonchev–Trinajstić information content (AvgIpc) is 2.22. The molecule has 0 aromatic heterocycles. The normalized spacial score (nSPS) is 10.1. The lowest BCUT2D eigenvalue weighted by Gasteiger charge is -2.07. The highest BCUT2D eigenvalue weighted by molar-refractivity contribution is 9.10. The monoisotopic (exact) mass is 273 g/mol. The van der Waals surface area contributed by atoms with E-state index >= 15 is 0 Å². The smallest absolute Gasteiger partial charge is 0.275 e. The second-order valence-electron chi connectivity index (χ2n) is 2.94. The number of carbonyl (C=O) groups is 1. The number of aryl methyl sites for hydroxylation is 1. The molecule has 0 bridgehead atoms. The molecule has 0 aliphatic heterocycles. The van der Waals surface area contributed by atoms with Gasteiger partial charge in [-0.25, -0.2) is 5.48 Å². The van der Waals surface area contributed by atoms with Crippen molar-refractivity contribution < 1.29 is 14.7 Å². The van der Waals surface area contributed by atoms with E-state index in [2.05, 4.69) is 21.4 Å². The summed E-state index contributed by atoms with van der Waals surface area (Å²) in [4.78, 5) is 16.3. The van der Waals surface area contributed by atoms with Crippen molar-refractivity contribution in [3.05, 3.63) is 33.8 Å². The molecule has 1 amide bonds. The number of rotatable bonds is 4. The first-order valence-corrected chi connectivity index (χ1v) is 5.24. The highest BCUT2D eigenvalue weighted by Gasteiger charge is 2.10. The van der Waals surface area contributed by atoms with Crippen molar-refractivity contribution in [1.29, 1.82) is 0 Å². The summed E-state index contributed by atoms with van der Waals surface area (Å²) in [7, 11) is 0. The largest absolute Gasteiger partial charge is 0.394 e. The van der Waals surface area contributed by atoms with Crippen LogP contribution in [0.25, 0.3) is 0 Å². The Hall–Kier alpha value is -0.910. The number of amides is 1. The van der Waals surface area contributed by atoms with Gasteiger partial charge < -0.3 is 5.11 Å². The molecule has 0 aliphatic rings. The van der Waals surface area contributed by atoms with Crippen molar-refractivity contribution in [2.45, 2.75) is 6.92 Å². The van der Waals surface area contributed by atoms with E-state index in [-0.39, 0.29) is 19.1 Å². The number of hydrogen-bond donors (Lipinski definition) is 2. The average molecular weight is 274 g/mol. The van der Waals surface area contributed by atoms with Crippen molar-refractivity contribution >= 4 is 21.8 Å². The number of aliphatic hydroxyl groups excluding tert-OH is 1. The number of carbonyl (C=O) groups excluding carboxylic acids is 1. The van der Waals surface area contributed by atoms with Crippen LogP contribution in [0.3, 0.4) is 0 Å². The van der Waals surface area contributed by atoms with Crippen LogP contribution in [-0.2, 0) is 4.84 Å². The van der Waals surface area contributed by atoms with E-state index in [1.807, 2.05) is 13.0 Å². The van der Waals surface area contributed by atoms with Crippen LogP contribution in [0.15, 0.2) is 22.7 Å². The van der Waals surface area contributed by atoms with Crippen LogP contribution in [0.2, 0.25) is 0 Å². The van der Waals surface area contributed by atoms with Crippen LogP contribution < -0.4 is 5.48 Å². The van der Waals surface area contributed by atoms with Gasteiger partial charge in [0.25, 0.3) is 5.91 Å². The Balaban J connectivity index is 2.69. The van der Waals surface area contributed by atoms with E-state index < -0.39 is 0 Å². The summed E-state index contributed by atoms with van der Waals surface area (Å²) in [5.41, 5.74) is 3.72. The maximum Gasteiger partial charge on any atom is 0.275 e. The zero-order valence-electron chi connectivity index (χ0n) is 8.29. The molecule has 0 aliphatic carbocycles. The number of aliphatic hydroxyl groups is 1. The third-order valence-corrected chi connectivity index (χ3v) is 2.85. The Kier molecular flexibility index (Phi) is 4.74. The van der Waals surface area contributed by atoms with Gasteiger partial charge in [-0.05, 0) is 34.5 Å². The first-order valence-electron chi connectivity index (χ1n) is 4.45. The molecular weight excluding hydrogens is 262 g/mol. The zero-order chi connectivity index (χ0) is 11.3. The number of hydrogen-bond acceptors (Lipinski definition) is 3. The molecule has 82 valence electrons. The fourth-order valence-electron chi connectivity index (χ4n) is 1.04. The molecule has 0 radical (unpaired) electrons. The van der Waals surface area contributed by atoms with Crippen LogP contribution in [0.5, 0.6) is 0 Å². The lowest BCUT2D eigenvalue weighted by molar-refractivity contribution is 0.0167. The van der Waals surface area contributed by atoms with Crippen LogP contribution in [0.1, 0.15) is 15.9 Å². The lowest BCUT2D eigenvalue weighted by Crippen LogP contribution is -2.25. The molecule has 0 unspecified atom stereocenters. The molecule has 0 saturated carbocycles. The van der Waals surface area contributed by atoms with E-state index in [0.29, 0.717) is 5.56 Å². The molecule has 1 aromatic rings. The molecule has 2 N–H and O–H groups in total. The fraction of sp³-hybridized carbons (Fsp3) is 0.300. The van der Waals surface area contributed by atoms with Gasteiger partial charge in [-0.15, -0.1) is 0 Å². The maximum absolute atomic E-state index is 11.5. The minimum atomic E-state index is -0.334. The van der Waals surface area contributed by atoms with Crippen molar-refractivity contribution in [3.63, 3.8) is 0 Å². The van der Waals surface area contributed by atoms with Crippen LogP contribution >= 0.6 is 15.9 Å². The van der Waals surface area contributed by atoms with Gasteiger partial charge in [0.15, 0.2) is 0 Å². The van der Waals surface area contributed by atoms with Gasteiger partial charge in [-0.3, -0.25) is 9.63 Å². The minimum absolute atomic E-state index is 0.0785. The van der Waals surface area contributed by atoms with Crippen molar-refractivity contribution in [2.75, 3.05) is 13.2 Å². The number of halogens is 1. The van der Waals surface area contributed by atoms with E-state index in [1.54, 1.807) is 12.1 Å². The molecule has 0 saturated heterocycles. The van der Waals surface area contributed by atoms with Gasteiger partial charge in [-0.2, -0.15) is 0 Å². The van der Waals surface area contributed by atoms with Gasteiger partial charge in [-0.1, -0.05) is 12.1 Å². The molecule has 0 heterocycles. The third kappa shape index (κ3) is 3.30. The third-order valence-electron chi connectivity index (χ3n) is 1.79. The molecule has 1 aromatic carbocycles. The van der Waals surface area contributed by atoms with Crippen molar-refractivity contribution in [2.24, 2.45) is 0 Å². The van der Waals surface area contributed by atoms with Gasteiger partial charge in [0.2, 0.25) is 0 Å².